The largest absolute Gasteiger partial charge is 0.450 e. The first-order chi connectivity index (χ1) is 8.54. The summed E-state index contributed by atoms with van der Waals surface area (Å²) >= 11 is 0. The molecule has 6 nitrogen and oxygen atoms in total. The van der Waals surface area contributed by atoms with Crippen molar-refractivity contribution in [1.29, 1.82) is 0 Å². The van der Waals surface area contributed by atoms with Crippen LogP contribution in [0.5, 0.6) is 0 Å². The van der Waals surface area contributed by atoms with Crippen LogP contribution in [0.2, 0.25) is 0 Å². The minimum atomic E-state index is -0.497. The minimum absolute atomic E-state index is 0.102. The molecule has 1 heterocycles. The summed E-state index contributed by atoms with van der Waals surface area (Å²) in [6.07, 6.45) is 1.04. The molecule has 0 bridgehead atoms. The average Bonchev–Trinajstić information content (AvgIpc) is 2.36. The summed E-state index contributed by atoms with van der Waals surface area (Å²) < 4.78 is 4.73. The van der Waals surface area contributed by atoms with E-state index in [9.17, 15) is 9.59 Å². The Bertz CT molecular complexity index is 432. The monoisotopic (exact) mass is 251 g/mol. The van der Waals surface area contributed by atoms with E-state index >= 15 is 0 Å². The van der Waals surface area contributed by atoms with Gasteiger partial charge in [0.05, 0.1) is 18.8 Å². The van der Waals surface area contributed by atoms with Gasteiger partial charge in [-0.15, -0.1) is 0 Å². The van der Waals surface area contributed by atoms with Crippen LogP contribution in [-0.2, 0) is 11.3 Å². The predicted octanol–water partition coefficient (Wildman–Crippen LogP) is 1.03. The molecule has 1 aromatic rings. The predicted molar refractivity (Wildman–Crippen MR) is 66.1 cm³/mol. The number of carbonyl (C=O) groups is 2. The van der Waals surface area contributed by atoms with E-state index in [2.05, 4.69) is 10.3 Å². The molecule has 18 heavy (non-hydrogen) atoms. The Labute approximate surface area is 106 Å². The first kappa shape index (κ1) is 14.0. The summed E-state index contributed by atoms with van der Waals surface area (Å²) in [7, 11) is 3.36. The lowest BCUT2D eigenvalue weighted by Crippen LogP contribution is -2.25. The highest BCUT2D eigenvalue weighted by atomic mass is 16.5. The summed E-state index contributed by atoms with van der Waals surface area (Å²) in [6.45, 7) is 2.28. The number of rotatable bonds is 4. The lowest BCUT2D eigenvalue weighted by atomic mass is 10.2. The first-order valence-corrected chi connectivity index (χ1v) is 5.61. The van der Waals surface area contributed by atoms with Crippen LogP contribution in [0, 0.1) is 0 Å². The number of nitrogens with one attached hydrogen (secondary N) is 1. The molecule has 0 aliphatic heterocycles. The van der Waals surface area contributed by atoms with Crippen LogP contribution in [-0.4, -0.2) is 42.6 Å². The summed E-state index contributed by atoms with van der Waals surface area (Å²) in [5.41, 5.74) is 1.14. The molecule has 0 radical (unpaired) electrons. The van der Waals surface area contributed by atoms with E-state index in [1.54, 1.807) is 39.3 Å². The Balaban J connectivity index is 2.65. The SMILES string of the molecule is CCOC(=O)NCc1cc(C(=O)N(C)C)ccn1. The Morgan fingerprint density at radius 1 is 1.44 bits per heavy atom. The van der Waals surface area contributed by atoms with E-state index in [1.807, 2.05) is 0 Å². The van der Waals surface area contributed by atoms with Crippen LogP contribution in [0.3, 0.4) is 0 Å². The standard InChI is InChI=1S/C12H17N3O3/c1-4-18-12(17)14-8-10-7-9(5-6-13-10)11(16)15(2)3/h5-7H,4,8H2,1-3H3,(H,14,17). The molecule has 6 heteroatoms. The Kier molecular flexibility index (Phi) is 5.10. The molecule has 0 saturated carbocycles. The van der Waals surface area contributed by atoms with Gasteiger partial charge in [-0.2, -0.15) is 0 Å². The van der Waals surface area contributed by atoms with Gasteiger partial charge in [-0.05, 0) is 19.1 Å². The fourth-order valence-electron chi connectivity index (χ4n) is 1.31. The highest BCUT2D eigenvalue weighted by Gasteiger charge is 2.09. The van der Waals surface area contributed by atoms with Gasteiger partial charge in [0.2, 0.25) is 0 Å². The number of hydrogen-bond acceptors (Lipinski definition) is 4. The maximum atomic E-state index is 11.7. The third kappa shape index (κ3) is 4.04. The molecule has 0 aromatic carbocycles. The molecule has 0 spiro atoms. The lowest BCUT2D eigenvalue weighted by Gasteiger charge is -2.11. The number of alkyl carbamates (subject to hydrolysis) is 1. The van der Waals surface area contributed by atoms with Crippen molar-refractivity contribution in [3.8, 4) is 0 Å². The fourth-order valence-corrected chi connectivity index (χ4v) is 1.31. The van der Waals surface area contributed by atoms with Crippen molar-refractivity contribution in [3.05, 3.63) is 29.6 Å². The zero-order chi connectivity index (χ0) is 13.5. The van der Waals surface area contributed by atoms with Crippen molar-refractivity contribution < 1.29 is 14.3 Å². The second-order valence-electron chi connectivity index (χ2n) is 3.81. The van der Waals surface area contributed by atoms with Gasteiger partial charge >= 0.3 is 6.09 Å². The van der Waals surface area contributed by atoms with Gasteiger partial charge in [0, 0.05) is 25.9 Å². The van der Waals surface area contributed by atoms with E-state index in [-0.39, 0.29) is 12.5 Å². The highest BCUT2D eigenvalue weighted by molar-refractivity contribution is 5.93. The summed E-state index contributed by atoms with van der Waals surface area (Å²) in [5.74, 6) is -0.102. The second kappa shape index (κ2) is 6.58. The quantitative estimate of drug-likeness (QED) is 0.867. The van der Waals surface area contributed by atoms with Gasteiger partial charge in [0.15, 0.2) is 0 Å². The number of pyridine rings is 1. The Hall–Kier alpha value is -2.11. The Morgan fingerprint density at radius 3 is 2.78 bits per heavy atom. The van der Waals surface area contributed by atoms with E-state index in [1.165, 1.54) is 4.90 Å². The molecule has 0 unspecified atom stereocenters. The first-order valence-electron chi connectivity index (χ1n) is 5.61. The lowest BCUT2D eigenvalue weighted by molar-refractivity contribution is 0.0827. The molecule has 0 fully saturated rings. The smallest absolute Gasteiger partial charge is 0.407 e. The van der Waals surface area contributed by atoms with Crippen molar-refractivity contribution in [2.75, 3.05) is 20.7 Å². The number of amides is 2. The maximum absolute atomic E-state index is 11.7. The maximum Gasteiger partial charge on any atom is 0.407 e. The zero-order valence-corrected chi connectivity index (χ0v) is 10.8. The summed E-state index contributed by atoms with van der Waals surface area (Å²) in [5, 5.41) is 2.55. The van der Waals surface area contributed by atoms with Crippen LogP contribution < -0.4 is 5.32 Å². The third-order valence-corrected chi connectivity index (χ3v) is 2.16. The van der Waals surface area contributed by atoms with Crippen molar-refractivity contribution in [2.24, 2.45) is 0 Å². The molecular weight excluding hydrogens is 234 g/mol. The molecule has 1 aromatic heterocycles. The van der Waals surface area contributed by atoms with Crippen LogP contribution in [0.4, 0.5) is 4.79 Å². The van der Waals surface area contributed by atoms with Crippen LogP contribution in [0.15, 0.2) is 18.3 Å². The van der Waals surface area contributed by atoms with E-state index < -0.39 is 6.09 Å². The van der Waals surface area contributed by atoms with Crippen LogP contribution >= 0.6 is 0 Å². The summed E-state index contributed by atoms with van der Waals surface area (Å²) in [6, 6.07) is 3.28. The zero-order valence-electron chi connectivity index (χ0n) is 10.8. The number of hydrogen-bond donors (Lipinski definition) is 1. The third-order valence-electron chi connectivity index (χ3n) is 2.16. The van der Waals surface area contributed by atoms with Gasteiger partial charge in [-0.1, -0.05) is 0 Å². The minimum Gasteiger partial charge on any atom is -0.450 e. The molecule has 98 valence electrons. The number of nitrogens with zero attached hydrogens (tertiary/aromatic N) is 2. The molecule has 0 saturated heterocycles. The van der Waals surface area contributed by atoms with Gasteiger partial charge < -0.3 is 15.0 Å². The molecule has 0 aliphatic rings. The number of aromatic nitrogens is 1. The van der Waals surface area contributed by atoms with Gasteiger partial charge in [0.1, 0.15) is 0 Å². The van der Waals surface area contributed by atoms with Gasteiger partial charge in [-0.3, -0.25) is 9.78 Å². The van der Waals surface area contributed by atoms with Crippen LogP contribution in [0.1, 0.15) is 23.0 Å². The fraction of sp³-hybridized carbons (Fsp3) is 0.417. The van der Waals surface area contributed by atoms with E-state index in [0.717, 1.165) is 0 Å². The van der Waals surface area contributed by atoms with Crippen molar-refractivity contribution in [3.63, 3.8) is 0 Å². The van der Waals surface area contributed by atoms with Crippen molar-refractivity contribution in [1.82, 2.24) is 15.2 Å². The molecule has 1 rings (SSSR count). The van der Waals surface area contributed by atoms with Gasteiger partial charge in [0.25, 0.3) is 5.91 Å². The molecule has 0 aliphatic carbocycles. The van der Waals surface area contributed by atoms with Gasteiger partial charge in [-0.25, -0.2) is 4.79 Å². The van der Waals surface area contributed by atoms with Crippen molar-refractivity contribution >= 4 is 12.0 Å². The van der Waals surface area contributed by atoms with E-state index in [0.29, 0.717) is 17.9 Å². The van der Waals surface area contributed by atoms with Crippen molar-refractivity contribution in [2.45, 2.75) is 13.5 Å². The number of ether oxygens (including phenoxy) is 1. The highest BCUT2D eigenvalue weighted by Crippen LogP contribution is 2.04. The molecule has 2 amide bonds. The number of carbonyl (C=O) groups excluding carboxylic acids is 2. The molecule has 1 N–H and O–H groups in total. The Morgan fingerprint density at radius 2 is 2.17 bits per heavy atom. The summed E-state index contributed by atoms with van der Waals surface area (Å²) in [4.78, 5) is 28.4. The van der Waals surface area contributed by atoms with E-state index in [4.69, 9.17) is 4.74 Å². The molecule has 0 atom stereocenters. The average molecular weight is 251 g/mol. The topological polar surface area (TPSA) is 71.5 Å². The normalized spacial score (nSPS) is 9.72. The van der Waals surface area contributed by atoms with Crippen LogP contribution in [0.25, 0.3) is 0 Å². The molecular formula is C12H17N3O3. The second-order valence-corrected chi connectivity index (χ2v) is 3.81.